The van der Waals surface area contributed by atoms with Gasteiger partial charge >= 0.3 is 0 Å². The lowest BCUT2D eigenvalue weighted by Gasteiger charge is -2.09. The van der Waals surface area contributed by atoms with Crippen molar-refractivity contribution >= 4 is 0 Å². The van der Waals surface area contributed by atoms with E-state index in [2.05, 4.69) is 13.8 Å². The van der Waals surface area contributed by atoms with Gasteiger partial charge in [0.1, 0.15) is 6.10 Å². The monoisotopic (exact) mass is 158 g/mol. The topological polar surface area (TPSA) is 21.8 Å². The Labute approximate surface area is 68.9 Å². The second kappa shape index (κ2) is 4.73. The van der Waals surface area contributed by atoms with Crippen LogP contribution < -0.4 is 0 Å². The van der Waals surface area contributed by atoms with Crippen LogP contribution in [0.4, 0.5) is 0 Å². The van der Waals surface area contributed by atoms with E-state index in [1.54, 1.807) is 0 Å². The molecule has 1 aliphatic heterocycles. The van der Waals surface area contributed by atoms with E-state index < -0.39 is 0 Å². The van der Waals surface area contributed by atoms with E-state index in [0.717, 1.165) is 19.8 Å². The summed E-state index contributed by atoms with van der Waals surface area (Å²) in [5.74, 6) is 0.707. The number of hydrogen-bond acceptors (Lipinski definition) is 2. The predicted octanol–water partition coefficient (Wildman–Crippen LogP) is 1.84. The van der Waals surface area contributed by atoms with Crippen LogP contribution >= 0.6 is 0 Å². The van der Waals surface area contributed by atoms with Gasteiger partial charge in [-0.1, -0.05) is 20.3 Å². The molecule has 0 aromatic heterocycles. The Kier molecular flexibility index (Phi) is 3.87. The van der Waals surface area contributed by atoms with Gasteiger partial charge in [-0.3, -0.25) is 0 Å². The van der Waals surface area contributed by atoms with E-state index >= 15 is 0 Å². The fraction of sp³-hybridized carbons (Fsp3) is 1.00. The van der Waals surface area contributed by atoms with Crippen molar-refractivity contribution in [1.29, 1.82) is 0 Å². The number of rotatable bonds is 6. The van der Waals surface area contributed by atoms with E-state index in [4.69, 9.17) is 9.47 Å². The highest BCUT2D eigenvalue weighted by Gasteiger charge is 2.22. The lowest BCUT2D eigenvalue weighted by atomic mass is 10.1. The van der Waals surface area contributed by atoms with Crippen molar-refractivity contribution in [3.63, 3.8) is 0 Å². The zero-order valence-corrected chi connectivity index (χ0v) is 7.51. The van der Waals surface area contributed by atoms with Crippen molar-refractivity contribution in [3.8, 4) is 0 Å². The highest BCUT2D eigenvalue weighted by atomic mass is 16.6. The standard InChI is InChI=1S/C9H18O2/c1-3-4-8(2)5-10-6-9-7-11-9/h8-9H,3-7H2,1-2H3. The van der Waals surface area contributed by atoms with Gasteiger partial charge in [0, 0.05) is 6.61 Å². The lowest BCUT2D eigenvalue weighted by Crippen LogP contribution is -2.09. The summed E-state index contributed by atoms with van der Waals surface area (Å²) in [4.78, 5) is 0. The summed E-state index contributed by atoms with van der Waals surface area (Å²) in [6.45, 7) is 7.04. The molecular weight excluding hydrogens is 140 g/mol. The summed E-state index contributed by atoms with van der Waals surface area (Å²) in [5, 5.41) is 0. The van der Waals surface area contributed by atoms with Gasteiger partial charge in [0.2, 0.25) is 0 Å². The van der Waals surface area contributed by atoms with Crippen molar-refractivity contribution in [2.45, 2.75) is 32.8 Å². The highest BCUT2D eigenvalue weighted by Crippen LogP contribution is 2.10. The van der Waals surface area contributed by atoms with Crippen LogP contribution in [0.2, 0.25) is 0 Å². The molecule has 1 saturated heterocycles. The third kappa shape index (κ3) is 4.38. The molecule has 2 nitrogen and oxygen atoms in total. The van der Waals surface area contributed by atoms with Gasteiger partial charge in [-0.05, 0) is 12.3 Å². The molecule has 1 fully saturated rings. The van der Waals surface area contributed by atoms with E-state index in [1.165, 1.54) is 12.8 Å². The van der Waals surface area contributed by atoms with Crippen LogP contribution in [0.1, 0.15) is 26.7 Å². The summed E-state index contributed by atoms with van der Waals surface area (Å²) in [7, 11) is 0. The van der Waals surface area contributed by atoms with Crippen molar-refractivity contribution in [2.75, 3.05) is 19.8 Å². The first-order valence-corrected chi connectivity index (χ1v) is 4.52. The number of ether oxygens (including phenoxy) is 2. The number of hydrogen-bond donors (Lipinski definition) is 0. The first-order chi connectivity index (χ1) is 5.33. The minimum absolute atomic E-state index is 0.420. The Morgan fingerprint density at radius 2 is 2.36 bits per heavy atom. The summed E-state index contributed by atoms with van der Waals surface area (Å²) < 4.78 is 10.5. The maximum absolute atomic E-state index is 5.45. The van der Waals surface area contributed by atoms with Gasteiger partial charge in [0.15, 0.2) is 0 Å². The van der Waals surface area contributed by atoms with Gasteiger partial charge in [0.05, 0.1) is 13.2 Å². The van der Waals surface area contributed by atoms with Crippen molar-refractivity contribution < 1.29 is 9.47 Å². The summed E-state index contributed by atoms with van der Waals surface area (Å²) in [6, 6.07) is 0. The Balaban J connectivity index is 1.84. The smallest absolute Gasteiger partial charge is 0.104 e. The minimum Gasteiger partial charge on any atom is -0.378 e. The van der Waals surface area contributed by atoms with Crippen LogP contribution in [-0.4, -0.2) is 25.9 Å². The van der Waals surface area contributed by atoms with Crippen LogP contribution in [0.5, 0.6) is 0 Å². The molecule has 1 aliphatic rings. The van der Waals surface area contributed by atoms with E-state index in [9.17, 15) is 0 Å². The molecule has 2 unspecified atom stereocenters. The first-order valence-electron chi connectivity index (χ1n) is 4.52. The van der Waals surface area contributed by atoms with Gasteiger partial charge in [-0.2, -0.15) is 0 Å². The van der Waals surface area contributed by atoms with Crippen molar-refractivity contribution in [1.82, 2.24) is 0 Å². The molecule has 0 bridgehead atoms. The molecule has 1 heterocycles. The Bertz CT molecular complexity index is 99.7. The normalized spacial score (nSPS) is 25.1. The van der Waals surface area contributed by atoms with Crippen molar-refractivity contribution in [2.24, 2.45) is 5.92 Å². The van der Waals surface area contributed by atoms with Crippen LogP contribution in [0.25, 0.3) is 0 Å². The average Bonchev–Trinajstić information content (AvgIpc) is 2.72. The highest BCUT2D eigenvalue weighted by molar-refractivity contribution is 4.67. The zero-order valence-electron chi connectivity index (χ0n) is 7.51. The summed E-state index contributed by atoms with van der Waals surface area (Å²) in [5.41, 5.74) is 0. The molecule has 2 heteroatoms. The molecular formula is C9H18O2. The molecule has 0 aliphatic carbocycles. The van der Waals surface area contributed by atoms with E-state index in [-0.39, 0.29) is 0 Å². The Morgan fingerprint density at radius 1 is 1.64 bits per heavy atom. The van der Waals surface area contributed by atoms with E-state index in [0.29, 0.717) is 12.0 Å². The van der Waals surface area contributed by atoms with Crippen molar-refractivity contribution in [3.05, 3.63) is 0 Å². The molecule has 11 heavy (non-hydrogen) atoms. The largest absolute Gasteiger partial charge is 0.378 e. The van der Waals surface area contributed by atoms with Gasteiger partial charge in [-0.25, -0.2) is 0 Å². The Morgan fingerprint density at radius 3 is 2.91 bits per heavy atom. The second-order valence-electron chi connectivity index (χ2n) is 3.39. The molecule has 1 rings (SSSR count). The minimum atomic E-state index is 0.420. The number of epoxide rings is 1. The van der Waals surface area contributed by atoms with E-state index in [1.807, 2.05) is 0 Å². The fourth-order valence-electron chi connectivity index (χ4n) is 1.14. The lowest BCUT2D eigenvalue weighted by molar-refractivity contribution is 0.0881. The van der Waals surface area contributed by atoms with Crippen LogP contribution in [0.15, 0.2) is 0 Å². The van der Waals surface area contributed by atoms with Gasteiger partial charge < -0.3 is 9.47 Å². The summed E-state index contributed by atoms with van der Waals surface area (Å²) >= 11 is 0. The van der Waals surface area contributed by atoms with Gasteiger partial charge in [0.25, 0.3) is 0 Å². The molecule has 0 spiro atoms. The predicted molar refractivity (Wildman–Crippen MR) is 44.6 cm³/mol. The summed E-state index contributed by atoms with van der Waals surface area (Å²) in [6.07, 6.45) is 2.94. The van der Waals surface area contributed by atoms with Crippen LogP contribution in [-0.2, 0) is 9.47 Å². The molecule has 2 atom stereocenters. The first kappa shape index (κ1) is 9.01. The molecule has 0 aromatic rings. The average molecular weight is 158 g/mol. The molecule has 0 radical (unpaired) electrons. The second-order valence-corrected chi connectivity index (χ2v) is 3.39. The molecule has 0 N–H and O–H groups in total. The van der Waals surface area contributed by atoms with Crippen LogP contribution in [0.3, 0.4) is 0 Å². The third-order valence-electron chi connectivity index (χ3n) is 1.89. The maximum atomic E-state index is 5.45. The maximum Gasteiger partial charge on any atom is 0.104 e. The fourth-order valence-corrected chi connectivity index (χ4v) is 1.14. The molecule has 66 valence electrons. The third-order valence-corrected chi connectivity index (χ3v) is 1.89. The molecule has 0 saturated carbocycles. The van der Waals surface area contributed by atoms with Gasteiger partial charge in [-0.15, -0.1) is 0 Å². The molecule has 0 aromatic carbocycles. The Hall–Kier alpha value is -0.0800. The SMILES string of the molecule is CCCC(C)COCC1CO1. The zero-order chi connectivity index (χ0) is 8.10. The van der Waals surface area contributed by atoms with Crippen LogP contribution in [0, 0.1) is 5.92 Å². The molecule has 0 amide bonds. The quantitative estimate of drug-likeness (QED) is 0.550.